The topological polar surface area (TPSA) is 67.1 Å². The molecule has 0 radical (unpaired) electrons. The first-order valence-corrected chi connectivity index (χ1v) is 6.00. The molecule has 1 aromatic carbocycles. The maximum Gasteiger partial charge on any atom is 0.242 e. The third kappa shape index (κ3) is 2.90. The Hall–Kier alpha value is -1.71. The summed E-state index contributed by atoms with van der Waals surface area (Å²) in [6.45, 7) is 3.83. The molecule has 4 nitrogen and oxygen atoms in total. The predicted octanol–water partition coefficient (Wildman–Crippen LogP) is 1.66. The number of anilines is 2. The molecule has 1 atom stereocenters. The van der Waals surface area contributed by atoms with Gasteiger partial charge in [0.1, 0.15) is 6.04 Å². The molecule has 4 heteroatoms. The van der Waals surface area contributed by atoms with Crippen molar-refractivity contribution in [2.75, 3.05) is 11.1 Å². The molecule has 0 aromatic heterocycles. The number of nitrogen functional groups attached to an aromatic ring is 1. The molecule has 0 saturated heterocycles. The van der Waals surface area contributed by atoms with Crippen molar-refractivity contribution in [1.29, 1.82) is 0 Å². The lowest BCUT2D eigenvalue weighted by Gasteiger charge is -2.18. The van der Waals surface area contributed by atoms with Gasteiger partial charge in [0, 0.05) is 6.04 Å². The largest absolute Gasteiger partial charge is 0.397 e. The number of carbonyl (C=O) groups excluding carboxylic acids is 1. The van der Waals surface area contributed by atoms with E-state index in [0.29, 0.717) is 11.7 Å². The Labute approximate surface area is 102 Å². The smallest absolute Gasteiger partial charge is 0.242 e. The predicted molar refractivity (Wildman–Crippen MR) is 69.8 cm³/mol. The minimum Gasteiger partial charge on any atom is -0.397 e. The number of hydrogen-bond donors (Lipinski definition) is 3. The summed E-state index contributed by atoms with van der Waals surface area (Å²) in [4.78, 5) is 11.8. The van der Waals surface area contributed by atoms with E-state index in [-0.39, 0.29) is 11.9 Å². The fraction of sp³-hybridized carbons (Fsp3) is 0.462. The number of rotatable bonds is 4. The van der Waals surface area contributed by atoms with Gasteiger partial charge in [0.25, 0.3) is 0 Å². The average molecular weight is 233 g/mol. The van der Waals surface area contributed by atoms with Crippen molar-refractivity contribution in [3.8, 4) is 0 Å². The van der Waals surface area contributed by atoms with Crippen molar-refractivity contribution in [2.45, 2.75) is 38.8 Å². The van der Waals surface area contributed by atoms with Crippen molar-refractivity contribution in [3.05, 3.63) is 23.8 Å². The quantitative estimate of drug-likeness (QED) is 0.693. The number of para-hydroxylation sites is 1. The number of nitrogens with two attached hydrogens (primary N) is 1. The van der Waals surface area contributed by atoms with Crippen LogP contribution in [0, 0.1) is 6.92 Å². The summed E-state index contributed by atoms with van der Waals surface area (Å²) in [5, 5.41) is 6.14. The van der Waals surface area contributed by atoms with E-state index < -0.39 is 0 Å². The van der Waals surface area contributed by atoms with E-state index in [2.05, 4.69) is 10.6 Å². The summed E-state index contributed by atoms with van der Waals surface area (Å²) in [7, 11) is 0. The van der Waals surface area contributed by atoms with E-state index in [1.807, 2.05) is 32.0 Å². The third-order valence-electron chi connectivity index (χ3n) is 2.98. The first-order valence-electron chi connectivity index (χ1n) is 6.00. The van der Waals surface area contributed by atoms with Gasteiger partial charge in [-0.05, 0) is 38.3 Å². The maximum absolute atomic E-state index is 11.8. The summed E-state index contributed by atoms with van der Waals surface area (Å²) in [5.74, 6) is 0.0372. The second-order valence-corrected chi connectivity index (χ2v) is 4.69. The van der Waals surface area contributed by atoms with Crippen molar-refractivity contribution in [1.82, 2.24) is 5.32 Å². The van der Waals surface area contributed by atoms with Gasteiger partial charge in [-0.1, -0.05) is 12.1 Å². The van der Waals surface area contributed by atoms with E-state index in [1.165, 1.54) is 0 Å². The summed E-state index contributed by atoms with van der Waals surface area (Å²) in [5.41, 5.74) is 8.47. The van der Waals surface area contributed by atoms with Crippen LogP contribution in [0.3, 0.4) is 0 Å². The Kier molecular flexibility index (Phi) is 3.22. The second kappa shape index (κ2) is 4.65. The van der Waals surface area contributed by atoms with Crippen molar-refractivity contribution >= 4 is 17.3 Å². The molecule has 1 amide bonds. The van der Waals surface area contributed by atoms with Gasteiger partial charge in [-0.25, -0.2) is 0 Å². The van der Waals surface area contributed by atoms with Crippen LogP contribution in [0.25, 0.3) is 0 Å². The normalized spacial score (nSPS) is 16.4. The molecule has 1 aromatic rings. The third-order valence-corrected chi connectivity index (χ3v) is 2.98. The van der Waals surface area contributed by atoms with Gasteiger partial charge >= 0.3 is 0 Å². The fourth-order valence-corrected chi connectivity index (χ4v) is 1.72. The average Bonchev–Trinajstić information content (AvgIpc) is 3.07. The molecule has 1 aliphatic rings. The van der Waals surface area contributed by atoms with E-state index in [1.54, 1.807) is 0 Å². The number of aryl methyl sites for hydroxylation is 1. The fourth-order valence-electron chi connectivity index (χ4n) is 1.72. The number of carbonyl (C=O) groups is 1. The van der Waals surface area contributed by atoms with Crippen LogP contribution in [0.2, 0.25) is 0 Å². The van der Waals surface area contributed by atoms with Crippen LogP contribution in [0.5, 0.6) is 0 Å². The van der Waals surface area contributed by atoms with Crippen molar-refractivity contribution < 1.29 is 4.79 Å². The van der Waals surface area contributed by atoms with Gasteiger partial charge in [-0.3, -0.25) is 4.79 Å². The van der Waals surface area contributed by atoms with E-state index in [9.17, 15) is 4.79 Å². The number of amides is 1. The molecule has 1 aliphatic carbocycles. The lowest BCUT2D eigenvalue weighted by atomic mass is 10.1. The SMILES string of the molecule is Cc1cccc(N)c1NC(C)C(=O)NC1CC1. The molecule has 4 N–H and O–H groups in total. The van der Waals surface area contributed by atoms with E-state index in [0.717, 1.165) is 24.1 Å². The van der Waals surface area contributed by atoms with Gasteiger partial charge in [0.05, 0.1) is 11.4 Å². The molecule has 17 heavy (non-hydrogen) atoms. The molecular weight excluding hydrogens is 214 g/mol. The molecular formula is C13H19N3O. The summed E-state index contributed by atoms with van der Waals surface area (Å²) in [6.07, 6.45) is 2.20. The lowest BCUT2D eigenvalue weighted by molar-refractivity contribution is -0.121. The van der Waals surface area contributed by atoms with Gasteiger partial charge in [-0.15, -0.1) is 0 Å². The zero-order valence-electron chi connectivity index (χ0n) is 10.3. The molecule has 1 unspecified atom stereocenters. The van der Waals surface area contributed by atoms with Crippen LogP contribution in [-0.2, 0) is 4.79 Å². The highest BCUT2D eigenvalue weighted by molar-refractivity contribution is 5.86. The lowest BCUT2D eigenvalue weighted by Crippen LogP contribution is -2.38. The van der Waals surface area contributed by atoms with Crippen LogP contribution >= 0.6 is 0 Å². The van der Waals surface area contributed by atoms with Gasteiger partial charge < -0.3 is 16.4 Å². The van der Waals surface area contributed by atoms with Crippen LogP contribution in [-0.4, -0.2) is 18.0 Å². The molecule has 1 fully saturated rings. The second-order valence-electron chi connectivity index (χ2n) is 4.69. The number of benzene rings is 1. The van der Waals surface area contributed by atoms with Crippen LogP contribution in [0.1, 0.15) is 25.3 Å². The molecule has 0 heterocycles. The first-order chi connectivity index (χ1) is 8.08. The van der Waals surface area contributed by atoms with E-state index in [4.69, 9.17) is 5.73 Å². The highest BCUT2D eigenvalue weighted by atomic mass is 16.2. The Bertz CT molecular complexity index is 406. The standard InChI is InChI=1S/C13H19N3O/c1-8-4-3-5-11(14)12(8)15-9(2)13(17)16-10-6-7-10/h3-5,9-10,15H,6-7,14H2,1-2H3,(H,16,17). The highest BCUT2D eigenvalue weighted by Crippen LogP contribution is 2.24. The molecule has 92 valence electrons. The number of nitrogens with one attached hydrogen (secondary N) is 2. The number of hydrogen-bond acceptors (Lipinski definition) is 3. The molecule has 0 bridgehead atoms. The Balaban J connectivity index is 2.01. The summed E-state index contributed by atoms with van der Waals surface area (Å²) >= 11 is 0. The minimum atomic E-state index is -0.265. The minimum absolute atomic E-state index is 0.0372. The first kappa shape index (κ1) is 11.8. The van der Waals surface area contributed by atoms with Crippen LogP contribution in [0.15, 0.2) is 18.2 Å². The maximum atomic E-state index is 11.8. The monoisotopic (exact) mass is 233 g/mol. The van der Waals surface area contributed by atoms with Crippen LogP contribution < -0.4 is 16.4 Å². The summed E-state index contributed by atoms with van der Waals surface area (Å²) < 4.78 is 0. The zero-order chi connectivity index (χ0) is 12.4. The Morgan fingerprint density at radius 2 is 2.18 bits per heavy atom. The van der Waals surface area contributed by atoms with Gasteiger partial charge in [-0.2, -0.15) is 0 Å². The Morgan fingerprint density at radius 3 is 2.76 bits per heavy atom. The molecule has 1 saturated carbocycles. The summed E-state index contributed by atoms with van der Waals surface area (Å²) in [6, 6.07) is 5.84. The van der Waals surface area contributed by atoms with Crippen molar-refractivity contribution in [3.63, 3.8) is 0 Å². The Morgan fingerprint density at radius 1 is 1.47 bits per heavy atom. The van der Waals surface area contributed by atoms with Crippen LogP contribution in [0.4, 0.5) is 11.4 Å². The van der Waals surface area contributed by atoms with Gasteiger partial charge in [0.15, 0.2) is 0 Å². The highest BCUT2D eigenvalue weighted by Gasteiger charge is 2.25. The van der Waals surface area contributed by atoms with Gasteiger partial charge in [0.2, 0.25) is 5.91 Å². The zero-order valence-corrected chi connectivity index (χ0v) is 10.3. The molecule has 2 rings (SSSR count). The van der Waals surface area contributed by atoms with Crippen molar-refractivity contribution in [2.24, 2.45) is 0 Å². The van der Waals surface area contributed by atoms with E-state index >= 15 is 0 Å². The molecule has 0 aliphatic heterocycles. The molecule has 0 spiro atoms.